The molecule has 3 N–H and O–H groups in total. The van der Waals surface area contributed by atoms with Crippen LogP contribution in [-0.2, 0) is 4.79 Å². The van der Waals surface area contributed by atoms with Gasteiger partial charge in [0.1, 0.15) is 6.54 Å². The second kappa shape index (κ2) is 11.8. The molecule has 1 amide bonds. The number of likely N-dealkylation sites (N-methyl/N-ethyl adjacent to an activating group) is 1. The van der Waals surface area contributed by atoms with E-state index in [1.165, 1.54) is 12.8 Å². The molecular weight excluding hydrogens is 240 g/mol. The Morgan fingerprint density at radius 1 is 1.05 bits per heavy atom. The molecule has 0 fully saturated rings. The predicted molar refractivity (Wildman–Crippen MR) is 81.4 cm³/mol. The van der Waals surface area contributed by atoms with Crippen molar-refractivity contribution in [3.63, 3.8) is 0 Å². The van der Waals surface area contributed by atoms with Gasteiger partial charge in [-0.05, 0) is 26.2 Å². The summed E-state index contributed by atoms with van der Waals surface area (Å²) in [7, 11) is 0. The van der Waals surface area contributed by atoms with Gasteiger partial charge in [-0.15, -0.1) is 0 Å². The zero-order chi connectivity index (χ0) is 14.5. The molecule has 0 saturated heterocycles. The van der Waals surface area contributed by atoms with Crippen LogP contribution in [0.5, 0.6) is 0 Å². The number of carbonyl (C=O) groups excluding carboxylic acids is 1. The Hall–Kier alpha value is -1.26. The van der Waals surface area contributed by atoms with Crippen molar-refractivity contribution in [3.05, 3.63) is 0 Å². The number of amides is 1. The van der Waals surface area contributed by atoms with Gasteiger partial charge in [-0.2, -0.15) is 0 Å². The van der Waals surface area contributed by atoms with E-state index < -0.39 is 0 Å². The second-order valence-corrected chi connectivity index (χ2v) is 4.97. The summed E-state index contributed by atoms with van der Waals surface area (Å²) >= 11 is 0. The van der Waals surface area contributed by atoms with Crippen LogP contribution in [0.2, 0.25) is 0 Å². The van der Waals surface area contributed by atoms with Crippen molar-refractivity contribution in [2.24, 2.45) is 10.9 Å². The smallest absolute Gasteiger partial charge is 0.241 e. The molecule has 0 aliphatic carbocycles. The van der Waals surface area contributed by atoms with Gasteiger partial charge in [0.2, 0.25) is 5.91 Å². The minimum Gasteiger partial charge on any atom is -0.357 e. The van der Waals surface area contributed by atoms with Crippen LogP contribution in [0.3, 0.4) is 0 Å². The molecule has 0 spiro atoms. The van der Waals surface area contributed by atoms with Crippen molar-refractivity contribution in [3.8, 4) is 0 Å². The van der Waals surface area contributed by atoms with Gasteiger partial charge in [0, 0.05) is 19.6 Å². The Morgan fingerprint density at radius 2 is 1.74 bits per heavy atom. The Balaban J connectivity index is 3.90. The zero-order valence-electron chi connectivity index (χ0n) is 12.9. The highest BCUT2D eigenvalue weighted by Crippen LogP contribution is 2.04. The standard InChI is InChI=1S/C14H30N4O/c1-5-15-13(19)11-18-14(16-6-2)17-10-8-7-9-12(3)4/h12H,5-11H2,1-4H3,(H,15,19)(H2,16,17,18). The fourth-order valence-corrected chi connectivity index (χ4v) is 1.63. The van der Waals surface area contributed by atoms with Crippen LogP contribution in [0.1, 0.15) is 47.0 Å². The third-order valence-corrected chi connectivity index (χ3v) is 2.60. The summed E-state index contributed by atoms with van der Waals surface area (Å²) in [6.07, 6.45) is 3.61. The van der Waals surface area contributed by atoms with Crippen LogP contribution in [-0.4, -0.2) is 38.0 Å². The van der Waals surface area contributed by atoms with E-state index >= 15 is 0 Å². The largest absolute Gasteiger partial charge is 0.357 e. The van der Waals surface area contributed by atoms with E-state index in [-0.39, 0.29) is 12.5 Å². The Labute approximate surface area is 117 Å². The first-order chi connectivity index (χ1) is 9.10. The lowest BCUT2D eigenvalue weighted by molar-refractivity contribution is -0.119. The minimum absolute atomic E-state index is 0.0421. The molecule has 5 nitrogen and oxygen atoms in total. The van der Waals surface area contributed by atoms with Gasteiger partial charge < -0.3 is 16.0 Å². The third-order valence-electron chi connectivity index (χ3n) is 2.60. The van der Waals surface area contributed by atoms with Gasteiger partial charge in [0.05, 0.1) is 0 Å². The quantitative estimate of drug-likeness (QED) is 0.338. The van der Waals surface area contributed by atoms with E-state index in [2.05, 4.69) is 34.8 Å². The first-order valence-corrected chi connectivity index (χ1v) is 7.39. The SMILES string of the molecule is CCNC(=O)CN=C(NCC)NCCCCC(C)C. The maximum atomic E-state index is 11.3. The molecule has 0 aromatic carbocycles. The summed E-state index contributed by atoms with van der Waals surface area (Å²) in [5.41, 5.74) is 0. The molecule has 0 aliphatic heterocycles. The third kappa shape index (κ3) is 11.6. The Kier molecular flexibility index (Phi) is 11.0. The molecule has 0 saturated carbocycles. The topological polar surface area (TPSA) is 65.5 Å². The van der Waals surface area contributed by atoms with Crippen molar-refractivity contribution in [1.29, 1.82) is 0 Å². The molecule has 0 bridgehead atoms. The van der Waals surface area contributed by atoms with Crippen molar-refractivity contribution in [2.75, 3.05) is 26.2 Å². The minimum atomic E-state index is -0.0421. The van der Waals surface area contributed by atoms with Gasteiger partial charge in [0.15, 0.2) is 5.96 Å². The molecule has 0 radical (unpaired) electrons. The maximum absolute atomic E-state index is 11.3. The van der Waals surface area contributed by atoms with Crippen LogP contribution >= 0.6 is 0 Å². The summed E-state index contributed by atoms with van der Waals surface area (Å²) < 4.78 is 0. The highest BCUT2D eigenvalue weighted by molar-refractivity contribution is 5.84. The number of unbranched alkanes of at least 4 members (excludes halogenated alkanes) is 1. The van der Waals surface area contributed by atoms with Crippen LogP contribution < -0.4 is 16.0 Å². The number of aliphatic imine (C=N–C) groups is 1. The Morgan fingerprint density at radius 3 is 2.32 bits per heavy atom. The summed E-state index contributed by atoms with van der Waals surface area (Å²) in [6, 6.07) is 0. The number of hydrogen-bond donors (Lipinski definition) is 3. The van der Waals surface area contributed by atoms with Crippen molar-refractivity contribution < 1.29 is 4.79 Å². The number of nitrogens with one attached hydrogen (secondary N) is 3. The summed E-state index contributed by atoms with van der Waals surface area (Å²) in [6.45, 7) is 10.9. The molecule has 0 unspecified atom stereocenters. The second-order valence-electron chi connectivity index (χ2n) is 4.97. The molecule has 5 heteroatoms. The fourth-order valence-electron chi connectivity index (χ4n) is 1.63. The van der Waals surface area contributed by atoms with Gasteiger partial charge >= 0.3 is 0 Å². The number of nitrogens with zero attached hydrogens (tertiary/aromatic N) is 1. The van der Waals surface area contributed by atoms with Crippen LogP contribution in [0.15, 0.2) is 4.99 Å². The van der Waals surface area contributed by atoms with Gasteiger partial charge in [-0.25, -0.2) is 4.99 Å². The molecule has 0 heterocycles. The zero-order valence-corrected chi connectivity index (χ0v) is 12.9. The van der Waals surface area contributed by atoms with E-state index in [0.717, 1.165) is 31.4 Å². The Bertz CT molecular complexity index is 264. The molecule has 0 aromatic rings. The molecule has 0 aromatic heterocycles. The predicted octanol–water partition coefficient (Wildman–Crippen LogP) is 1.50. The van der Waals surface area contributed by atoms with E-state index in [0.29, 0.717) is 6.54 Å². The maximum Gasteiger partial charge on any atom is 0.241 e. The molecule has 0 atom stereocenters. The van der Waals surface area contributed by atoms with E-state index in [4.69, 9.17) is 0 Å². The van der Waals surface area contributed by atoms with Crippen LogP contribution in [0.25, 0.3) is 0 Å². The van der Waals surface area contributed by atoms with Crippen LogP contribution in [0.4, 0.5) is 0 Å². The van der Waals surface area contributed by atoms with Gasteiger partial charge in [-0.3, -0.25) is 4.79 Å². The normalized spacial score (nSPS) is 11.5. The summed E-state index contributed by atoms with van der Waals surface area (Å²) in [4.78, 5) is 15.6. The molecular formula is C14H30N4O. The van der Waals surface area contributed by atoms with E-state index in [1.807, 2.05) is 13.8 Å². The van der Waals surface area contributed by atoms with E-state index in [1.54, 1.807) is 0 Å². The fraction of sp³-hybridized carbons (Fsp3) is 0.857. The number of hydrogen-bond acceptors (Lipinski definition) is 2. The van der Waals surface area contributed by atoms with Crippen LogP contribution in [0, 0.1) is 5.92 Å². The highest BCUT2D eigenvalue weighted by atomic mass is 16.1. The average molecular weight is 270 g/mol. The highest BCUT2D eigenvalue weighted by Gasteiger charge is 2.00. The molecule has 19 heavy (non-hydrogen) atoms. The molecule has 0 aliphatic rings. The molecule has 112 valence electrons. The molecule has 0 rings (SSSR count). The van der Waals surface area contributed by atoms with Crippen molar-refractivity contribution in [1.82, 2.24) is 16.0 Å². The number of carbonyl (C=O) groups is 1. The average Bonchev–Trinajstić information content (AvgIpc) is 2.35. The number of rotatable bonds is 9. The van der Waals surface area contributed by atoms with Gasteiger partial charge in [-0.1, -0.05) is 26.7 Å². The lowest BCUT2D eigenvalue weighted by atomic mass is 10.1. The first-order valence-electron chi connectivity index (χ1n) is 7.39. The van der Waals surface area contributed by atoms with Crippen molar-refractivity contribution in [2.45, 2.75) is 47.0 Å². The van der Waals surface area contributed by atoms with Crippen molar-refractivity contribution >= 4 is 11.9 Å². The number of guanidine groups is 1. The summed E-state index contributed by atoms with van der Waals surface area (Å²) in [5, 5.41) is 9.12. The first kappa shape index (κ1) is 17.7. The lowest BCUT2D eigenvalue weighted by Crippen LogP contribution is -2.39. The lowest BCUT2D eigenvalue weighted by Gasteiger charge is -2.11. The van der Waals surface area contributed by atoms with E-state index in [9.17, 15) is 4.79 Å². The van der Waals surface area contributed by atoms with Gasteiger partial charge in [0.25, 0.3) is 0 Å². The monoisotopic (exact) mass is 270 g/mol. The summed E-state index contributed by atoms with van der Waals surface area (Å²) in [5.74, 6) is 1.44.